The van der Waals surface area contributed by atoms with Crippen LogP contribution >= 0.6 is 0 Å². The van der Waals surface area contributed by atoms with E-state index in [1.54, 1.807) is 49.9 Å². The number of nitrogens with one attached hydrogen (secondary N) is 2. The van der Waals surface area contributed by atoms with E-state index in [1.165, 1.54) is 8.61 Å². The van der Waals surface area contributed by atoms with E-state index in [1.807, 2.05) is 6.07 Å². The molecule has 2 saturated heterocycles. The SMILES string of the molecule is CCN(CC)S(=O)(=O)N1CCN(CC(=O)NN2C(=O)NC(CC)(c3ccccc3)C2=O)CC1. The number of hydrogen-bond acceptors (Lipinski definition) is 6. The Morgan fingerprint density at radius 3 is 2.21 bits per heavy atom. The summed E-state index contributed by atoms with van der Waals surface area (Å²) in [6, 6.07) is 8.23. The van der Waals surface area contributed by atoms with Crippen LogP contribution in [0, 0.1) is 0 Å². The minimum atomic E-state index is -3.52. The molecule has 2 aliphatic rings. The number of carbonyl (C=O) groups excluding carboxylic acids is 3. The van der Waals surface area contributed by atoms with E-state index in [-0.39, 0.29) is 19.6 Å². The van der Waals surface area contributed by atoms with E-state index in [2.05, 4.69) is 10.7 Å². The second-order valence-corrected chi connectivity index (χ2v) is 9.93. The van der Waals surface area contributed by atoms with Crippen molar-refractivity contribution in [1.82, 2.24) is 29.3 Å². The molecule has 11 nitrogen and oxygen atoms in total. The molecule has 12 heteroatoms. The van der Waals surface area contributed by atoms with Crippen LogP contribution in [0.15, 0.2) is 30.3 Å². The molecule has 2 heterocycles. The summed E-state index contributed by atoms with van der Waals surface area (Å²) in [6.07, 6.45) is 0.330. The fraction of sp³-hybridized carbons (Fsp3) is 0.571. The zero-order valence-corrected chi connectivity index (χ0v) is 20.1. The molecule has 1 aromatic carbocycles. The van der Waals surface area contributed by atoms with Gasteiger partial charge in [0.1, 0.15) is 5.54 Å². The molecule has 182 valence electrons. The van der Waals surface area contributed by atoms with Crippen molar-refractivity contribution >= 4 is 28.1 Å². The fourth-order valence-electron chi connectivity index (χ4n) is 4.23. The van der Waals surface area contributed by atoms with Gasteiger partial charge >= 0.3 is 6.03 Å². The van der Waals surface area contributed by atoms with Crippen LogP contribution in [0.5, 0.6) is 0 Å². The summed E-state index contributed by atoms with van der Waals surface area (Å²) in [5, 5.41) is 3.45. The molecule has 0 saturated carbocycles. The van der Waals surface area contributed by atoms with Gasteiger partial charge in [-0.15, -0.1) is 0 Å². The normalized spacial score (nSPS) is 22.6. The average molecular weight is 481 g/mol. The van der Waals surface area contributed by atoms with Gasteiger partial charge in [-0.05, 0) is 12.0 Å². The molecule has 0 spiro atoms. The highest BCUT2D eigenvalue weighted by atomic mass is 32.2. The molecule has 0 aliphatic carbocycles. The summed E-state index contributed by atoms with van der Waals surface area (Å²) in [7, 11) is -3.52. The predicted octanol–water partition coefficient (Wildman–Crippen LogP) is 0.0791. The summed E-state index contributed by atoms with van der Waals surface area (Å²) < 4.78 is 28.1. The number of urea groups is 1. The number of amides is 4. The molecule has 0 bridgehead atoms. The van der Waals surface area contributed by atoms with Crippen molar-refractivity contribution in [1.29, 1.82) is 0 Å². The Morgan fingerprint density at radius 2 is 1.67 bits per heavy atom. The van der Waals surface area contributed by atoms with Crippen molar-refractivity contribution < 1.29 is 22.8 Å². The minimum Gasteiger partial charge on any atom is -0.318 e. The molecule has 2 fully saturated rings. The van der Waals surface area contributed by atoms with Crippen molar-refractivity contribution in [3.8, 4) is 0 Å². The third-order valence-electron chi connectivity index (χ3n) is 6.18. The molecular weight excluding hydrogens is 448 g/mol. The number of hydrazine groups is 1. The van der Waals surface area contributed by atoms with Gasteiger partial charge in [-0.25, -0.2) is 4.79 Å². The Bertz CT molecular complexity index is 976. The van der Waals surface area contributed by atoms with Gasteiger partial charge in [-0.3, -0.25) is 19.9 Å². The first kappa shape index (κ1) is 25.1. The number of nitrogens with zero attached hydrogens (tertiary/aromatic N) is 4. The van der Waals surface area contributed by atoms with Crippen LogP contribution in [0.25, 0.3) is 0 Å². The van der Waals surface area contributed by atoms with E-state index in [0.29, 0.717) is 38.2 Å². The maximum absolute atomic E-state index is 13.1. The molecule has 4 amide bonds. The molecule has 1 atom stereocenters. The van der Waals surface area contributed by atoms with Gasteiger partial charge < -0.3 is 5.32 Å². The van der Waals surface area contributed by atoms with Crippen molar-refractivity contribution in [2.75, 3.05) is 45.8 Å². The summed E-state index contributed by atoms with van der Waals surface area (Å²) in [5.41, 5.74) is 1.83. The molecule has 3 rings (SSSR count). The van der Waals surface area contributed by atoms with Crippen molar-refractivity contribution in [2.24, 2.45) is 0 Å². The van der Waals surface area contributed by atoms with Gasteiger partial charge in [0.05, 0.1) is 6.54 Å². The maximum Gasteiger partial charge on any atom is 0.344 e. The van der Waals surface area contributed by atoms with Crippen LogP contribution in [-0.4, -0.2) is 90.6 Å². The van der Waals surface area contributed by atoms with E-state index in [0.717, 1.165) is 5.01 Å². The molecule has 2 aliphatic heterocycles. The van der Waals surface area contributed by atoms with E-state index in [9.17, 15) is 22.8 Å². The van der Waals surface area contributed by atoms with Crippen LogP contribution in [0.4, 0.5) is 4.79 Å². The van der Waals surface area contributed by atoms with Crippen LogP contribution in [0.2, 0.25) is 0 Å². The summed E-state index contributed by atoms with van der Waals surface area (Å²) >= 11 is 0. The number of hydrogen-bond donors (Lipinski definition) is 2. The molecule has 0 aromatic heterocycles. The Labute approximate surface area is 194 Å². The standard InChI is InChI=1S/C21H32N6O5S/c1-4-21(17-10-8-7-9-11-17)19(29)27(20(30)22-21)23-18(28)16-24-12-14-26(15-13-24)33(31,32)25(5-2)6-3/h7-11H,4-6,12-16H2,1-3H3,(H,22,30)(H,23,28). The van der Waals surface area contributed by atoms with Gasteiger partial charge in [0.25, 0.3) is 22.0 Å². The van der Waals surface area contributed by atoms with Gasteiger partial charge in [0.15, 0.2) is 0 Å². The highest BCUT2D eigenvalue weighted by molar-refractivity contribution is 7.86. The molecule has 0 radical (unpaired) electrons. The smallest absolute Gasteiger partial charge is 0.318 e. The zero-order valence-electron chi connectivity index (χ0n) is 19.3. The molecule has 2 N–H and O–H groups in total. The summed E-state index contributed by atoms with van der Waals surface area (Å²) in [5.74, 6) is -1.05. The van der Waals surface area contributed by atoms with Crippen LogP contribution in [-0.2, 0) is 25.3 Å². The second-order valence-electron chi connectivity index (χ2n) is 8.00. The third kappa shape index (κ3) is 4.88. The Kier molecular flexibility index (Phi) is 7.73. The lowest BCUT2D eigenvalue weighted by molar-refractivity contribution is -0.140. The van der Waals surface area contributed by atoms with E-state index >= 15 is 0 Å². The van der Waals surface area contributed by atoms with E-state index < -0.39 is 33.6 Å². The Balaban J connectivity index is 1.59. The van der Waals surface area contributed by atoms with Gasteiger partial charge in [0.2, 0.25) is 0 Å². The lowest BCUT2D eigenvalue weighted by Gasteiger charge is -2.36. The van der Waals surface area contributed by atoms with Crippen molar-refractivity contribution in [3.05, 3.63) is 35.9 Å². The minimum absolute atomic E-state index is 0.0549. The number of piperazine rings is 1. The maximum atomic E-state index is 13.1. The highest BCUT2D eigenvalue weighted by Gasteiger charge is 2.52. The van der Waals surface area contributed by atoms with Crippen molar-refractivity contribution in [3.63, 3.8) is 0 Å². The third-order valence-corrected chi connectivity index (χ3v) is 8.37. The number of rotatable bonds is 9. The van der Waals surface area contributed by atoms with Crippen LogP contribution < -0.4 is 10.7 Å². The quantitative estimate of drug-likeness (QED) is 0.483. The first-order valence-electron chi connectivity index (χ1n) is 11.2. The van der Waals surface area contributed by atoms with Gasteiger partial charge in [-0.2, -0.15) is 22.0 Å². The average Bonchev–Trinajstić information content (AvgIpc) is 3.05. The Hall–Kier alpha value is -2.54. The molecule has 1 unspecified atom stereocenters. The van der Waals surface area contributed by atoms with Crippen LogP contribution in [0.1, 0.15) is 32.8 Å². The second kappa shape index (κ2) is 10.2. The van der Waals surface area contributed by atoms with Crippen LogP contribution in [0.3, 0.4) is 0 Å². The molecular formula is C21H32N6O5S. The van der Waals surface area contributed by atoms with E-state index in [4.69, 9.17) is 0 Å². The first-order chi connectivity index (χ1) is 15.7. The topological polar surface area (TPSA) is 122 Å². The Morgan fingerprint density at radius 1 is 1.06 bits per heavy atom. The number of imide groups is 1. The number of benzene rings is 1. The lowest BCUT2D eigenvalue weighted by atomic mass is 9.87. The summed E-state index contributed by atoms with van der Waals surface area (Å²) in [6.45, 7) is 7.40. The monoisotopic (exact) mass is 480 g/mol. The largest absolute Gasteiger partial charge is 0.344 e. The van der Waals surface area contributed by atoms with Gasteiger partial charge in [0, 0.05) is 39.3 Å². The summed E-state index contributed by atoms with van der Waals surface area (Å²) in [4.78, 5) is 40.0. The lowest BCUT2D eigenvalue weighted by Crippen LogP contribution is -2.56. The molecule has 1 aromatic rings. The van der Waals surface area contributed by atoms with Gasteiger partial charge in [-0.1, -0.05) is 51.1 Å². The predicted molar refractivity (Wildman–Crippen MR) is 122 cm³/mol. The first-order valence-corrected chi connectivity index (χ1v) is 12.6. The highest BCUT2D eigenvalue weighted by Crippen LogP contribution is 2.31. The molecule has 33 heavy (non-hydrogen) atoms. The number of carbonyl (C=O) groups is 3. The zero-order chi connectivity index (χ0) is 24.2. The fourth-order valence-corrected chi connectivity index (χ4v) is 5.84. The van der Waals surface area contributed by atoms with Crippen molar-refractivity contribution in [2.45, 2.75) is 32.7 Å².